The van der Waals surface area contributed by atoms with Crippen LogP contribution in [0.3, 0.4) is 0 Å². The molecule has 2 aliphatic rings. The quantitative estimate of drug-likeness (QED) is 0.648. The molecule has 0 atom stereocenters. The zero-order valence-corrected chi connectivity index (χ0v) is 7.81. The van der Waals surface area contributed by atoms with Crippen LogP contribution in [-0.2, 0) is 0 Å². The molecule has 2 rings (SSSR count). The number of hydrogen-bond donors (Lipinski definition) is 2. The average Bonchev–Trinajstić information content (AvgIpc) is 2.76. The standard InChI is InChI=1S/C10H20N2/c11-8-10(5-6-10)12-7-4-9-2-1-3-9/h9,12H,1-8,11H2. The normalized spacial score (nSPS) is 26.8. The van der Waals surface area contributed by atoms with Gasteiger partial charge in [0, 0.05) is 12.1 Å². The van der Waals surface area contributed by atoms with Crippen molar-refractivity contribution in [3.05, 3.63) is 0 Å². The molecule has 0 aliphatic heterocycles. The molecule has 0 amide bonds. The molecule has 3 N–H and O–H groups in total. The molecule has 0 aromatic rings. The fraction of sp³-hybridized carbons (Fsp3) is 1.00. The number of hydrogen-bond acceptors (Lipinski definition) is 2. The van der Waals surface area contributed by atoms with E-state index in [1.54, 1.807) is 0 Å². The maximum absolute atomic E-state index is 5.67. The Kier molecular flexibility index (Phi) is 2.37. The van der Waals surface area contributed by atoms with Gasteiger partial charge in [-0.1, -0.05) is 19.3 Å². The van der Waals surface area contributed by atoms with Crippen molar-refractivity contribution in [2.45, 2.75) is 44.1 Å². The fourth-order valence-electron chi connectivity index (χ4n) is 1.93. The van der Waals surface area contributed by atoms with Gasteiger partial charge in [-0.2, -0.15) is 0 Å². The fourth-order valence-corrected chi connectivity index (χ4v) is 1.93. The predicted octanol–water partition coefficient (Wildman–Crippen LogP) is 1.26. The summed E-state index contributed by atoms with van der Waals surface area (Å²) in [4.78, 5) is 0. The van der Waals surface area contributed by atoms with E-state index in [9.17, 15) is 0 Å². The minimum Gasteiger partial charge on any atom is -0.329 e. The minimum absolute atomic E-state index is 0.379. The van der Waals surface area contributed by atoms with Crippen LogP contribution in [0.4, 0.5) is 0 Å². The molecule has 12 heavy (non-hydrogen) atoms. The lowest BCUT2D eigenvalue weighted by atomic mass is 9.83. The van der Waals surface area contributed by atoms with Gasteiger partial charge in [0.2, 0.25) is 0 Å². The van der Waals surface area contributed by atoms with Gasteiger partial charge in [0.15, 0.2) is 0 Å². The van der Waals surface area contributed by atoms with Gasteiger partial charge in [0.1, 0.15) is 0 Å². The van der Waals surface area contributed by atoms with E-state index in [1.165, 1.54) is 45.1 Å². The van der Waals surface area contributed by atoms with Crippen molar-refractivity contribution >= 4 is 0 Å². The van der Waals surface area contributed by atoms with E-state index in [0.29, 0.717) is 5.54 Å². The Bertz CT molecular complexity index is 148. The van der Waals surface area contributed by atoms with E-state index >= 15 is 0 Å². The van der Waals surface area contributed by atoms with Crippen molar-refractivity contribution < 1.29 is 0 Å². The first kappa shape index (κ1) is 8.52. The molecular weight excluding hydrogens is 148 g/mol. The van der Waals surface area contributed by atoms with Crippen LogP contribution in [0.1, 0.15) is 38.5 Å². The van der Waals surface area contributed by atoms with Gasteiger partial charge >= 0.3 is 0 Å². The zero-order valence-electron chi connectivity index (χ0n) is 7.81. The summed E-state index contributed by atoms with van der Waals surface area (Å²) in [6, 6.07) is 0. The van der Waals surface area contributed by atoms with Crippen LogP contribution >= 0.6 is 0 Å². The van der Waals surface area contributed by atoms with E-state index in [0.717, 1.165) is 12.5 Å². The molecule has 0 saturated heterocycles. The first-order valence-electron chi connectivity index (χ1n) is 5.30. The van der Waals surface area contributed by atoms with Crippen LogP contribution in [-0.4, -0.2) is 18.6 Å². The molecule has 0 aromatic carbocycles. The van der Waals surface area contributed by atoms with Gasteiger partial charge < -0.3 is 11.1 Å². The lowest BCUT2D eigenvalue weighted by Gasteiger charge is -2.26. The summed E-state index contributed by atoms with van der Waals surface area (Å²) >= 11 is 0. The summed E-state index contributed by atoms with van der Waals surface area (Å²) < 4.78 is 0. The maximum atomic E-state index is 5.67. The Morgan fingerprint density at radius 3 is 2.50 bits per heavy atom. The molecule has 70 valence electrons. The summed E-state index contributed by atoms with van der Waals surface area (Å²) in [5.41, 5.74) is 6.05. The van der Waals surface area contributed by atoms with Gasteiger partial charge in [0.25, 0.3) is 0 Å². The molecular formula is C10H20N2. The Morgan fingerprint density at radius 2 is 2.08 bits per heavy atom. The molecule has 2 fully saturated rings. The van der Waals surface area contributed by atoms with Gasteiger partial charge in [-0.25, -0.2) is 0 Å². The van der Waals surface area contributed by atoms with Crippen molar-refractivity contribution in [3.63, 3.8) is 0 Å². The Labute approximate surface area is 74.9 Å². The number of nitrogens with one attached hydrogen (secondary N) is 1. The first-order chi connectivity index (χ1) is 5.85. The molecule has 0 unspecified atom stereocenters. The second kappa shape index (κ2) is 3.35. The molecule has 0 aromatic heterocycles. The summed E-state index contributed by atoms with van der Waals surface area (Å²) in [5, 5.41) is 3.59. The van der Waals surface area contributed by atoms with Crippen LogP contribution < -0.4 is 11.1 Å². The molecule has 2 saturated carbocycles. The molecule has 2 nitrogen and oxygen atoms in total. The van der Waals surface area contributed by atoms with Crippen molar-refractivity contribution in [2.75, 3.05) is 13.1 Å². The highest BCUT2D eigenvalue weighted by atomic mass is 15.0. The molecule has 0 heterocycles. The summed E-state index contributed by atoms with van der Waals surface area (Å²) in [6.07, 6.45) is 8.38. The molecule has 0 spiro atoms. The van der Waals surface area contributed by atoms with Crippen molar-refractivity contribution in [1.29, 1.82) is 0 Å². The maximum Gasteiger partial charge on any atom is 0.0305 e. The first-order valence-corrected chi connectivity index (χ1v) is 5.30. The van der Waals surface area contributed by atoms with Gasteiger partial charge in [0.05, 0.1) is 0 Å². The van der Waals surface area contributed by atoms with Crippen LogP contribution in [0.15, 0.2) is 0 Å². The third-order valence-electron chi connectivity index (χ3n) is 3.52. The van der Waals surface area contributed by atoms with E-state index in [2.05, 4.69) is 5.32 Å². The molecule has 0 bridgehead atoms. The van der Waals surface area contributed by atoms with Crippen molar-refractivity contribution in [3.8, 4) is 0 Å². The molecule has 2 heteroatoms. The topological polar surface area (TPSA) is 38.0 Å². The minimum atomic E-state index is 0.379. The molecule has 0 radical (unpaired) electrons. The van der Waals surface area contributed by atoms with E-state index in [-0.39, 0.29) is 0 Å². The molecule has 2 aliphatic carbocycles. The van der Waals surface area contributed by atoms with Crippen molar-refractivity contribution in [2.24, 2.45) is 11.7 Å². The van der Waals surface area contributed by atoms with Crippen LogP contribution in [0.25, 0.3) is 0 Å². The van der Waals surface area contributed by atoms with Crippen LogP contribution in [0.5, 0.6) is 0 Å². The highest BCUT2D eigenvalue weighted by Gasteiger charge is 2.40. The van der Waals surface area contributed by atoms with Crippen LogP contribution in [0, 0.1) is 5.92 Å². The lowest BCUT2D eigenvalue weighted by molar-refractivity contribution is 0.286. The van der Waals surface area contributed by atoms with Gasteiger partial charge in [-0.3, -0.25) is 0 Å². The monoisotopic (exact) mass is 168 g/mol. The third-order valence-corrected chi connectivity index (χ3v) is 3.52. The zero-order chi connectivity index (χ0) is 8.44. The van der Waals surface area contributed by atoms with Crippen LogP contribution in [0.2, 0.25) is 0 Å². The Morgan fingerprint density at radius 1 is 1.33 bits per heavy atom. The smallest absolute Gasteiger partial charge is 0.0305 e. The SMILES string of the molecule is NCC1(NCCC2CCC2)CC1. The Hall–Kier alpha value is -0.0800. The highest BCUT2D eigenvalue weighted by molar-refractivity contribution is 5.02. The predicted molar refractivity (Wildman–Crippen MR) is 51.0 cm³/mol. The highest BCUT2D eigenvalue weighted by Crippen LogP contribution is 2.34. The van der Waals surface area contributed by atoms with Gasteiger partial charge in [-0.15, -0.1) is 0 Å². The largest absolute Gasteiger partial charge is 0.329 e. The van der Waals surface area contributed by atoms with Crippen molar-refractivity contribution in [1.82, 2.24) is 5.32 Å². The number of rotatable bonds is 5. The number of nitrogens with two attached hydrogens (primary N) is 1. The second-order valence-corrected chi connectivity index (χ2v) is 4.50. The lowest BCUT2D eigenvalue weighted by Crippen LogP contribution is -2.39. The Balaban J connectivity index is 1.56. The van der Waals surface area contributed by atoms with Gasteiger partial charge in [-0.05, 0) is 31.7 Å². The third kappa shape index (κ3) is 1.80. The van der Waals surface area contributed by atoms with E-state index in [1.807, 2.05) is 0 Å². The van der Waals surface area contributed by atoms with E-state index < -0.39 is 0 Å². The summed E-state index contributed by atoms with van der Waals surface area (Å²) in [5.74, 6) is 1.03. The average molecular weight is 168 g/mol. The summed E-state index contributed by atoms with van der Waals surface area (Å²) in [6.45, 7) is 2.03. The van der Waals surface area contributed by atoms with E-state index in [4.69, 9.17) is 5.73 Å². The summed E-state index contributed by atoms with van der Waals surface area (Å²) in [7, 11) is 0. The second-order valence-electron chi connectivity index (χ2n) is 4.50.